The average Bonchev–Trinajstić information content (AvgIpc) is 2.90. The fraction of sp³-hybridized carbons (Fsp3) is 0.286. The van der Waals surface area contributed by atoms with Gasteiger partial charge in [0.05, 0.1) is 5.69 Å². The van der Waals surface area contributed by atoms with Gasteiger partial charge < -0.3 is 9.32 Å². The summed E-state index contributed by atoms with van der Waals surface area (Å²) < 4.78 is 5.85. The predicted octanol–water partition coefficient (Wildman–Crippen LogP) is 3.34. The molecule has 0 unspecified atom stereocenters. The number of halogens is 1. The van der Waals surface area contributed by atoms with Gasteiger partial charge >= 0.3 is 0 Å². The highest BCUT2D eigenvalue weighted by atomic mass is 79.9. The summed E-state index contributed by atoms with van der Waals surface area (Å²) in [5.41, 5.74) is 3.71. The van der Waals surface area contributed by atoms with Crippen LogP contribution in [0.15, 0.2) is 33.7 Å². The highest BCUT2D eigenvalue weighted by Gasteiger charge is 2.27. The summed E-state index contributed by atoms with van der Waals surface area (Å²) in [6.45, 7) is 2.77. The first kappa shape index (κ1) is 12.4. The molecule has 0 saturated carbocycles. The normalized spacial score (nSPS) is 14.3. The van der Waals surface area contributed by atoms with E-state index >= 15 is 0 Å². The molecule has 0 N–H and O–H groups in total. The van der Waals surface area contributed by atoms with Crippen LogP contribution in [0.5, 0.6) is 0 Å². The number of benzene rings is 1. The van der Waals surface area contributed by atoms with Gasteiger partial charge in [-0.15, -0.1) is 0 Å². The van der Waals surface area contributed by atoms with Crippen LogP contribution in [0, 0.1) is 6.92 Å². The standard InChI is InChI=1S/C14H13BrN2O2/c1-9-5-10-3-2-4-17(13(10)11(15)6-9)14(18)12-7-19-8-16-12/h5-8H,2-4H2,1H3. The second-order valence-electron chi connectivity index (χ2n) is 4.69. The number of carbonyl (C=O) groups excluding carboxylic acids is 1. The van der Waals surface area contributed by atoms with Crippen molar-refractivity contribution in [3.63, 3.8) is 0 Å². The lowest BCUT2D eigenvalue weighted by atomic mass is 9.99. The lowest BCUT2D eigenvalue weighted by molar-refractivity contribution is 0.0980. The number of oxazole rings is 1. The average molecular weight is 321 g/mol. The van der Waals surface area contributed by atoms with Gasteiger partial charge in [-0.25, -0.2) is 4.98 Å². The summed E-state index contributed by atoms with van der Waals surface area (Å²) in [4.78, 5) is 18.2. The van der Waals surface area contributed by atoms with Gasteiger partial charge in [-0.1, -0.05) is 6.07 Å². The van der Waals surface area contributed by atoms with Gasteiger partial charge in [0.25, 0.3) is 5.91 Å². The van der Waals surface area contributed by atoms with Crippen molar-refractivity contribution in [2.45, 2.75) is 19.8 Å². The van der Waals surface area contributed by atoms with Crippen molar-refractivity contribution < 1.29 is 9.21 Å². The Morgan fingerprint density at radius 1 is 1.47 bits per heavy atom. The van der Waals surface area contributed by atoms with E-state index in [4.69, 9.17) is 4.42 Å². The molecule has 0 fully saturated rings. The van der Waals surface area contributed by atoms with Crippen molar-refractivity contribution >= 4 is 27.5 Å². The fourth-order valence-corrected chi connectivity index (χ4v) is 3.33. The second-order valence-corrected chi connectivity index (χ2v) is 5.54. The largest absolute Gasteiger partial charge is 0.451 e. The molecule has 0 atom stereocenters. The molecule has 1 aromatic heterocycles. The molecular weight excluding hydrogens is 308 g/mol. The quantitative estimate of drug-likeness (QED) is 0.809. The summed E-state index contributed by atoms with van der Waals surface area (Å²) in [5.74, 6) is -0.112. The number of rotatable bonds is 1. The third-order valence-electron chi connectivity index (χ3n) is 3.28. The minimum Gasteiger partial charge on any atom is -0.451 e. The topological polar surface area (TPSA) is 46.3 Å². The van der Waals surface area contributed by atoms with E-state index in [1.165, 1.54) is 23.8 Å². The summed E-state index contributed by atoms with van der Waals surface area (Å²) in [6, 6.07) is 4.18. The maximum absolute atomic E-state index is 12.4. The van der Waals surface area contributed by atoms with E-state index in [1.807, 2.05) is 6.07 Å². The highest BCUT2D eigenvalue weighted by molar-refractivity contribution is 9.10. The van der Waals surface area contributed by atoms with E-state index in [2.05, 4.69) is 33.9 Å². The molecule has 0 saturated heterocycles. The van der Waals surface area contributed by atoms with Crippen LogP contribution in [0.1, 0.15) is 28.0 Å². The molecule has 0 radical (unpaired) electrons. The smallest absolute Gasteiger partial charge is 0.280 e. The molecule has 0 spiro atoms. The van der Waals surface area contributed by atoms with Crippen LogP contribution in [0.25, 0.3) is 0 Å². The van der Waals surface area contributed by atoms with Crippen molar-refractivity contribution in [2.24, 2.45) is 0 Å². The molecule has 1 aliphatic rings. The third kappa shape index (κ3) is 2.18. The molecule has 19 heavy (non-hydrogen) atoms. The fourth-order valence-electron chi connectivity index (χ4n) is 2.50. The Hall–Kier alpha value is -1.62. The third-order valence-corrected chi connectivity index (χ3v) is 3.89. The van der Waals surface area contributed by atoms with Gasteiger partial charge in [0, 0.05) is 11.0 Å². The number of hydrogen-bond donors (Lipinski definition) is 0. The van der Waals surface area contributed by atoms with Crippen molar-refractivity contribution in [2.75, 3.05) is 11.4 Å². The number of nitrogens with zero attached hydrogens (tertiary/aromatic N) is 2. The van der Waals surface area contributed by atoms with Crippen LogP contribution >= 0.6 is 15.9 Å². The first-order valence-electron chi connectivity index (χ1n) is 6.16. The zero-order valence-electron chi connectivity index (χ0n) is 10.5. The lowest BCUT2D eigenvalue weighted by Gasteiger charge is -2.30. The second kappa shape index (κ2) is 4.81. The Bertz CT molecular complexity index is 623. The van der Waals surface area contributed by atoms with E-state index in [1.54, 1.807) is 4.90 Å². The van der Waals surface area contributed by atoms with E-state index < -0.39 is 0 Å². The summed E-state index contributed by atoms with van der Waals surface area (Å²) in [6.07, 6.45) is 4.63. The van der Waals surface area contributed by atoms with Gasteiger partial charge in [0.1, 0.15) is 6.26 Å². The molecule has 5 heteroatoms. The summed E-state index contributed by atoms with van der Waals surface area (Å²) in [5, 5.41) is 0. The number of anilines is 1. The van der Waals surface area contributed by atoms with Gasteiger partial charge in [-0.2, -0.15) is 0 Å². The number of aromatic nitrogens is 1. The molecule has 0 aliphatic carbocycles. The predicted molar refractivity (Wildman–Crippen MR) is 75.4 cm³/mol. The number of aryl methyl sites for hydroxylation is 2. The maximum Gasteiger partial charge on any atom is 0.280 e. The first-order valence-corrected chi connectivity index (χ1v) is 6.95. The first-order chi connectivity index (χ1) is 9.16. The zero-order valence-corrected chi connectivity index (χ0v) is 12.1. The van der Waals surface area contributed by atoms with E-state index in [9.17, 15) is 4.79 Å². The number of carbonyl (C=O) groups is 1. The summed E-state index contributed by atoms with van der Waals surface area (Å²) in [7, 11) is 0. The summed E-state index contributed by atoms with van der Waals surface area (Å²) >= 11 is 3.57. The number of fused-ring (bicyclic) bond motifs is 1. The minimum atomic E-state index is -0.112. The van der Waals surface area contributed by atoms with E-state index in [0.717, 1.165) is 23.0 Å². The molecule has 1 aromatic carbocycles. The lowest BCUT2D eigenvalue weighted by Crippen LogP contribution is -2.36. The van der Waals surface area contributed by atoms with Crippen molar-refractivity contribution in [3.8, 4) is 0 Å². The maximum atomic E-state index is 12.4. The van der Waals surface area contributed by atoms with E-state index in [0.29, 0.717) is 12.2 Å². The molecule has 2 aromatic rings. The molecule has 1 amide bonds. The molecule has 0 bridgehead atoms. The van der Waals surface area contributed by atoms with Gasteiger partial charge in [-0.05, 0) is 52.9 Å². The molecule has 2 heterocycles. The molecule has 1 aliphatic heterocycles. The number of amides is 1. The molecule has 4 nitrogen and oxygen atoms in total. The van der Waals surface area contributed by atoms with Crippen LogP contribution < -0.4 is 4.90 Å². The Balaban J connectivity index is 2.05. The molecular formula is C14H13BrN2O2. The van der Waals surface area contributed by atoms with Crippen LogP contribution in [0.3, 0.4) is 0 Å². The molecule has 3 rings (SSSR count). The minimum absolute atomic E-state index is 0.112. The Labute approximate surface area is 119 Å². The Kier molecular flexibility index (Phi) is 3.14. The highest BCUT2D eigenvalue weighted by Crippen LogP contribution is 2.36. The van der Waals surface area contributed by atoms with E-state index in [-0.39, 0.29) is 5.91 Å². The van der Waals surface area contributed by atoms with Crippen LogP contribution in [-0.2, 0) is 6.42 Å². The van der Waals surface area contributed by atoms with Crippen LogP contribution in [0.4, 0.5) is 5.69 Å². The van der Waals surface area contributed by atoms with Gasteiger partial charge in [-0.3, -0.25) is 4.79 Å². The van der Waals surface area contributed by atoms with Crippen LogP contribution in [0.2, 0.25) is 0 Å². The Morgan fingerprint density at radius 2 is 2.32 bits per heavy atom. The zero-order chi connectivity index (χ0) is 13.4. The van der Waals surface area contributed by atoms with Gasteiger partial charge in [0.15, 0.2) is 12.1 Å². The van der Waals surface area contributed by atoms with Crippen molar-refractivity contribution in [1.82, 2.24) is 4.98 Å². The number of hydrogen-bond acceptors (Lipinski definition) is 3. The van der Waals surface area contributed by atoms with Crippen LogP contribution in [-0.4, -0.2) is 17.4 Å². The van der Waals surface area contributed by atoms with Gasteiger partial charge in [0.2, 0.25) is 0 Å². The monoisotopic (exact) mass is 320 g/mol. The molecule has 98 valence electrons. The Morgan fingerprint density at radius 3 is 3.05 bits per heavy atom. The SMILES string of the molecule is Cc1cc(Br)c2c(c1)CCCN2C(=O)c1cocn1. The van der Waals surface area contributed by atoms with Crippen molar-refractivity contribution in [1.29, 1.82) is 0 Å². The van der Waals surface area contributed by atoms with Crippen molar-refractivity contribution in [3.05, 3.63) is 46.1 Å².